The van der Waals surface area contributed by atoms with E-state index >= 15 is 0 Å². The fraction of sp³-hybridized carbons (Fsp3) is 0.520. The van der Waals surface area contributed by atoms with Crippen molar-refractivity contribution in [3.8, 4) is 17.6 Å². The Morgan fingerprint density at radius 3 is 2.28 bits per heavy atom. The van der Waals surface area contributed by atoms with Crippen molar-refractivity contribution in [3.63, 3.8) is 0 Å². The molecular weight excluding hydrogens is 870 g/mol. The van der Waals surface area contributed by atoms with Crippen LogP contribution in [0.4, 0.5) is 29.1 Å². The summed E-state index contributed by atoms with van der Waals surface area (Å²) in [5.74, 6) is 3.58. The lowest BCUT2D eigenvalue weighted by molar-refractivity contribution is -0.164. The van der Waals surface area contributed by atoms with Gasteiger partial charge in [0, 0.05) is 73.1 Å². The number of nitrogens with one attached hydrogen (secondary N) is 3. The van der Waals surface area contributed by atoms with Gasteiger partial charge in [-0.1, -0.05) is 59.1 Å². The molecule has 3 aliphatic carbocycles. The molecule has 1 atom stereocenters. The SMILES string of the molecule is CC[C@@H]1C(=O)N(C)c2cnc(Nc3ccc(C(=O)NC4CC(CC5CN(c6ncc(C(=O)NC7C(C)(C)C(Oc8ccc(C#N)c(Cl)c8)C7(C)C)cn6)C5)C4)cc3OC)nc2N1C1CCCC1. The molecule has 9 rings (SSSR count). The van der Waals surface area contributed by atoms with Crippen LogP contribution in [0.25, 0.3) is 0 Å². The number of fused-ring (bicyclic) bond motifs is 1. The number of ether oxygens (including phenoxy) is 2. The Morgan fingerprint density at radius 2 is 1.63 bits per heavy atom. The molecule has 5 aliphatic rings. The van der Waals surface area contributed by atoms with Gasteiger partial charge in [-0.15, -0.1) is 0 Å². The summed E-state index contributed by atoms with van der Waals surface area (Å²) in [5, 5.41) is 19.3. The number of amides is 3. The molecule has 0 unspecified atom stereocenters. The second-order valence-electron chi connectivity index (χ2n) is 20.2. The highest BCUT2D eigenvalue weighted by Gasteiger charge is 2.64. The number of nitrogens with zero attached hydrogens (tertiary/aromatic N) is 8. The number of carbonyl (C=O) groups is 3. The first-order chi connectivity index (χ1) is 32.1. The second kappa shape index (κ2) is 18.1. The number of hydrogen-bond donors (Lipinski definition) is 3. The summed E-state index contributed by atoms with van der Waals surface area (Å²) in [7, 11) is 3.36. The average Bonchev–Trinajstić information content (AvgIpc) is 3.83. The Kier molecular flexibility index (Phi) is 12.4. The highest BCUT2D eigenvalue weighted by Crippen LogP contribution is 2.56. The maximum atomic E-state index is 13.4. The van der Waals surface area contributed by atoms with Crippen LogP contribution in [0.15, 0.2) is 55.0 Å². The molecule has 352 valence electrons. The average molecular weight is 931 g/mol. The van der Waals surface area contributed by atoms with E-state index in [0.29, 0.717) is 74.7 Å². The van der Waals surface area contributed by atoms with Gasteiger partial charge in [-0.3, -0.25) is 14.4 Å². The van der Waals surface area contributed by atoms with E-state index in [1.165, 1.54) is 0 Å². The Labute approximate surface area is 397 Å². The minimum Gasteiger partial charge on any atom is -0.495 e. The monoisotopic (exact) mass is 929 g/mol. The number of halogens is 1. The highest BCUT2D eigenvalue weighted by molar-refractivity contribution is 6.31. The normalized spacial score (nSPS) is 24.1. The molecule has 16 nitrogen and oxygen atoms in total. The van der Waals surface area contributed by atoms with Crippen molar-refractivity contribution in [2.75, 3.05) is 47.3 Å². The molecule has 3 saturated carbocycles. The fourth-order valence-corrected chi connectivity index (χ4v) is 11.8. The van der Waals surface area contributed by atoms with Crippen LogP contribution in [0.5, 0.6) is 11.5 Å². The largest absolute Gasteiger partial charge is 0.495 e. The molecule has 0 bridgehead atoms. The molecule has 0 spiro atoms. The molecule has 4 fully saturated rings. The van der Waals surface area contributed by atoms with E-state index < -0.39 is 10.8 Å². The van der Waals surface area contributed by atoms with Gasteiger partial charge in [0.15, 0.2) is 5.82 Å². The van der Waals surface area contributed by atoms with Crippen LogP contribution < -0.4 is 40.1 Å². The minimum atomic E-state index is -0.390. The molecule has 67 heavy (non-hydrogen) atoms. The lowest BCUT2D eigenvalue weighted by Gasteiger charge is -2.63. The van der Waals surface area contributed by atoms with E-state index in [1.807, 2.05) is 13.0 Å². The van der Waals surface area contributed by atoms with Crippen LogP contribution in [0, 0.1) is 34.0 Å². The number of nitriles is 1. The third-order valence-corrected chi connectivity index (χ3v) is 15.2. The van der Waals surface area contributed by atoms with E-state index in [0.717, 1.165) is 63.9 Å². The maximum Gasteiger partial charge on any atom is 0.254 e. The summed E-state index contributed by atoms with van der Waals surface area (Å²) in [6.07, 6.45) is 12.7. The standard InChI is InChI=1S/C50H60ClN11O5/c1-8-38-44(65)60(6)39-25-53-47(58-41(39)62(38)34-11-9-10-12-34)57-37-16-14-30(20-40(37)66-7)42(63)56-33-18-28(19-33)17-29-26-61(27-29)48-54-23-32(24-55-48)43(64)59-45-49(2,3)46(50(45,4)5)67-35-15-13-31(22-52)36(51)21-35/h13-16,20-21,23-25,28-29,33-34,38,45-46H,8-12,17-19,26-27H2,1-7H3,(H,56,63)(H,59,64)(H,53,57,58)/t28?,33?,38-,45?,46?/m1/s1. The lowest BCUT2D eigenvalue weighted by atomic mass is 9.49. The van der Waals surface area contributed by atoms with Gasteiger partial charge < -0.3 is 40.1 Å². The first kappa shape index (κ1) is 45.9. The fourth-order valence-electron chi connectivity index (χ4n) is 11.6. The van der Waals surface area contributed by atoms with Crippen molar-refractivity contribution in [2.24, 2.45) is 22.7 Å². The van der Waals surface area contributed by atoms with Crippen LogP contribution in [-0.2, 0) is 4.79 Å². The molecule has 3 N–H and O–H groups in total. The number of likely N-dealkylation sites (N-methyl/N-ethyl adjacent to an activating group) is 1. The zero-order valence-corrected chi connectivity index (χ0v) is 40.1. The van der Waals surface area contributed by atoms with Gasteiger partial charge in [-0.05, 0) is 80.7 Å². The molecule has 4 aromatic rings. The first-order valence-electron chi connectivity index (χ1n) is 23.5. The highest BCUT2D eigenvalue weighted by atomic mass is 35.5. The van der Waals surface area contributed by atoms with Crippen molar-refractivity contribution in [1.29, 1.82) is 5.26 Å². The molecule has 17 heteroatoms. The summed E-state index contributed by atoms with van der Waals surface area (Å²) in [5.41, 5.74) is 1.85. The van der Waals surface area contributed by atoms with E-state index in [2.05, 4.69) is 74.5 Å². The van der Waals surface area contributed by atoms with Gasteiger partial charge in [-0.25, -0.2) is 15.0 Å². The van der Waals surface area contributed by atoms with Crippen LogP contribution in [-0.4, -0.2) is 95.2 Å². The van der Waals surface area contributed by atoms with Gasteiger partial charge in [0.2, 0.25) is 17.8 Å². The topological polar surface area (TPSA) is 191 Å². The van der Waals surface area contributed by atoms with Gasteiger partial charge in [0.1, 0.15) is 35.4 Å². The Hall–Kier alpha value is -6.21. The number of anilines is 5. The first-order valence-corrected chi connectivity index (χ1v) is 23.9. The lowest BCUT2D eigenvalue weighted by Crippen LogP contribution is -2.74. The van der Waals surface area contributed by atoms with E-state index in [-0.39, 0.29) is 48.0 Å². The molecule has 2 aromatic heterocycles. The Morgan fingerprint density at radius 1 is 0.925 bits per heavy atom. The van der Waals surface area contributed by atoms with Gasteiger partial charge in [-0.2, -0.15) is 10.2 Å². The van der Waals surface area contributed by atoms with E-state index in [4.69, 9.17) is 26.1 Å². The number of carbonyl (C=O) groups excluding carboxylic acids is 3. The summed E-state index contributed by atoms with van der Waals surface area (Å²) < 4.78 is 12.1. The number of benzene rings is 2. The summed E-state index contributed by atoms with van der Waals surface area (Å²) in [6.45, 7) is 12.0. The summed E-state index contributed by atoms with van der Waals surface area (Å²) in [4.78, 5) is 64.8. The second-order valence-corrected chi connectivity index (χ2v) is 20.6. The maximum absolute atomic E-state index is 13.4. The number of rotatable bonds is 14. The molecule has 3 amide bonds. The minimum absolute atomic E-state index is 0.0690. The molecule has 1 saturated heterocycles. The molecule has 2 aromatic carbocycles. The summed E-state index contributed by atoms with van der Waals surface area (Å²) >= 11 is 6.25. The van der Waals surface area contributed by atoms with Crippen molar-refractivity contribution in [3.05, 3.63) is 76.7 Å². The van der Waals surface area contributed by atoms with E-state index in [1.54, 1.807) is 68.0 Å². The number of methoxy groups -OCH3 is 1. The zero-order valence-electron chi connectivity index (χ0n) is 39.3. The predicted molar refractivity (Wildman–Crippen MR) is 256 cm³/mol. The Bertz CT molecular complexity index is 2570. The van der Waals surface area contributed by atoms with Crippen molar-refractivity contribution < 1.29 is 23.9 Å². The van der Waals surface area contributed by atoms with Gasteiger partial charge in [0.25, 0.3) is 11.8 Å². The quantitative estimate of drug-likeness (QED) is 0.112. The predicted octanol–water partition coefficient (Wildman–Crippen LogP) is 7.69. The third-order valence-electron chi connectivity index (χ3n) is 14.9. The molecule has 4 heterocycles. The number of aromatic nitrogens is 4. The zero-order chi connectivity index (χ0) is 47.4. The van der Waals surface area contributed by atoms with Crippen LogP contribution in [0.3, 0.4) is 0 Å². The summed E-state index contributed by atoms with van der Waals surface area (Å²) in [6, 6.07) is 12.4. The van der Waals surface area contributed by atoms with E-state index in [9.17, 15) is 19.6 Å². The van der Waals surface area contributed by atoms with Crippen molar-refractivity contribution >= 4 is 58.4 Å². The smallest absolute Gasteiger partial charge is 0.254 e. The van der Waals surface area contributed by atoms with Crippen LogP contribution in [0.2, 0.25) is 5.02 Å². The van der Waals surface area contributed by atoms with Gasteiger partial charge in [0.05, 0.1) is 35.1 Å². The molecular formula is C50H60ClN11O5. The van der Waals surface area contributed by atoms with Crippen molar-refractivity contribution in [2.45, 2.75) is 116 Å². The Balaban J connectivity index is 0.724. The number of hydrogen-bond acceptors (Lipinski definition) is 13. The van der Waals surface area contributed by atoms with Crippen LogP contribution in [0.1, 0.15) is 112 Å². The molecule has 0 radical (unpaired) electrons. The van der Waals surface area contributed by atoms with Crippen molar-refractivity contribution in [1.82, 2.24) is 30.6 Å². The van der Waals surface area contributed by atoms with Crippen LogP contribution >= 0.6 is 11.6 Å². The molecule has 2 aliphatic heterocycles. The third kappa shape index (κ3) is 8.67. The van der Waals surface area contributed by atoms with Gasteiger partial charge >= 0.3 is 0 Å².